The predicted octanol–water partition coefficient (Wildman–Crippen LogP) is 7.17. The molecule has 8 saturated carbocycles. The summed E-state index contributed by atoms with van der Waals surface area (Å²) in [4.78, 5) is 75.2. The molecular weight excluding hydrogens is 769 g/mol. The van der Waals surface area contributed by atoms with Crippen molar-refractivity contribution in [3.63, 3.8) is 0 Å². The van der Waals surface area contributed by atoms with E-state index in [1.54, 1.807) is 6.92 Å². The van der Waals surface area contributed by atoms with Crippen LogP contribution in [-0.2, 0) is 57.2 Å². The third-order valence-electron chi connectivity index (χ3n) is 16.9. The lowest BCUT2D eigenvalue weighted by Crippen LogP contribution is -2.32. The van der Waals surface area contributed by atoms with Crippen LogP contribution in [0.4, 0.5) is 0 Å². The van der Waals surface area contributed by atoms with Crippen molar-refractivity contribution in [1.29, 1.82) is 0 Å². The molecule has 0 radical (unpaired) electrons. The number of hydrogen-bond donors (Lipinski definition) is 0. The highest BCUT2D eigenvalue weighted by molar-refractivity contribution is 5.87. The molecule has 0 aromatic carbocycles. The van der Waals surface area contributed by atoms with Gasteiger partial charge in [0.05, 0.1) is 50.1 Å². The van der Waals surface area contributed by atoms with Crippen LogP contribution in [0.2, 0.25) is 0 Å². The fourth-order valence-electron chi connectivity index (χ4n) is 14.0. The van der Waals surface area contributed by atoms with E-state index in [2.05, 4.69) is 13.2 Å². The van der Waals surface area contributed by atoms with Gasteiger partial charge in [0, 0.05) is 11.6 Å². The molecule has 8 aliphatic carbocycles. The Labute approximate surface area is 354 Å². The lowest BCUT2D eigenvalue weighted by Gasteiger charge is -2.32. The van der Waals surface area contributed by atoms with Gasteiger partial charge in [-0.15, -0.1) is 0 Å². The van der Waals surface area contributed by atoms with E-state index in [9.17, 15) is 28.8 Å². The fraction of sp³-hybridized carbons (Fsp3) is 0.792. The molecule has 8 aliphatic rings. The molecule has 330 valence electrons. The van der Waals surface area contributed by atoms with Crippen molar-refractivity contribution in [2.45, 2.75) is 110 Å². The Morgan fingerprint density at radius 2 is 0.850 bits per heavy atom. The molecule has 12 nitrogen and oxygen atoms in total. The normalized spacial score (nSPS) is 39.5. The molecule has 60 heavy (non-hydrogen) atoms. The summed E-state index contributed by atoms with van der Waals surface area (Å²) in [6, 6.07) is 0. The standard InChI is InChI=1S/C48H66O12/c1-4-43(49)55-21-27-13-37-33-17-35(39(19-33)41(37)15-27)23-57-45(51)29-5-9-31(10-6-29)47(53)59-25-60-48(54)32-11-7-30(8-12-32)46(52)58-24-36-18-34-20-40(36)42-16-28(14-38(34)42)22-56-44(50)26(2)3/h4,27-42H,1-2,5-25H2,3H3/t27?,28?,29?,30?,31?,32?,33?,34?,35?,36?,37-,38-,39?,40?,41-,42-/m0/s1. The molecule has 8 fully saturated rings. The van der Waals surface area contributed by atoms with Crippen molar-refractivity contribution in [2.75, 3.05) is 33.2 Å². The van der Waals surface area contributed by atoms with Gasteiger partial charge in [-0.3, -0.25) is 19.2 Å². The first-order chi connectivity index (χ1) is 28.9. The first-order valence-corrected chi connectivity index (χ1v) is 23.2. The average molecular weight is 835 g/mol. The summed E-state index contributed by atoms with van der Waals surface area (Å²) in [7, 11) is 0. The maximum atomic E-state index is 13.1. The number of fused-ring (bicyclic) bond motifs is 10. The largest absolute Gasteiger partial charge is 0.465 e. The fourth-order valence-corrected chi connectivity index (χ4v) is 14.0. The summed E-state index contributed by atoms with van der Waals surface area (Å²) in [6.45, 7) is 10.2. The van der Waals surface area contributed by atoms with E-state index >= 15 is 0 Å². The van der Waals surface area contributed by atoms with Gasteiger partial charge in [0.2, 0.25) is 6.79 Å². The lowest BCUT2D eigenvalue weighted by molar-refractivity contribution is -0.175. The summed E-state index contributed by atoms with van der Waals surface area (Å²) in [5, 5.41) is 0. The number of ether oxygens (including phenoxy) is 6. The van der Waals surface area contributed by atoms with Crippen LogP contribution in [0.25, 0.3) is 0 Å². The minimum atomic E-state index is -0.431. The molecule has 0 N–H and O–H groups in total. The van der Waals surface area contributed by atoms with E-state index in [0.717, 1.165) is 38.5 Å². The Morgan fingerprint density at radius 1 is 0.467 bits per heavy atom. The zero-order valence-corrected chi connectivity index (χ0v) is 35.5. The Balaban J connectivity index is 0.664. The lowest BCUT2D eigenvalue weighted by atomic mass is 9.76. The van der Waals surface area contributed by atoms with E-state index in [-0.39, 0.29) is 47.5 Å². The maximum absolute atomic E-state index is 13.1. The van der Waals surface area contributed by atoms with Gasteiger partial charge in [-0.05, 0) is 181 Å². The molecule has 0 aliphatic heterocycles. The number of carbonyl (C=O) groups is 6. The third-order valence-corrected chi connectivity index (χ3v) is 16.9. The first-order valence-electron chi connectivity index (χ1n) is 23.2. The Morgan fingerprint density at radius 3 is 1.25 bits per heavy atom. The van der Waals surface area contributed by atoms with E-state index in [0.29, 0.717) is 154 Å². The monoisotopic (exact) mass is 834 g/mol. The molecule has 0 heterocycles. The molecule has 0 amide bonds. The molecule has 0 aromatic rings. The minimum Gasteiger partial charge on any atom is -0.465 e. The van der Waals surface area contributed by atoms with Gasteiger partial charge in [-0.2, -0.15) is 0 Å². The van der Waals surface area contributed by atoms with Crippen LogP contribution in [-0.4, -0.2) is 69.0 Å². The highest BCUT2D eigenvalue weighted by Crippen LogP contribution is 2.63. The van der Waals surface area contributed by atoms with Crippen LogP contribution in [0, 0.1) is 94.7 Å². The summed E-state index contributed by atoms with van der Waals surface area (Å²) in [5.74, 6) is 3.73. The Hall–Kier alpha value is -3.70. The molecular formula is C48H66O12. The number of esters is 6. The van der Waals surface area contributed by atoms with Crippen LogP contribution in [0.1, 0.15) is 110 Å². The summed E-state index contributed by atoms with van der Waals surface area (Å²) >= 11 is 0. The zero-order valence-electron chi connectivity index (χ0n) is 35.5. The second-order valence-electron chi connectivity index (χ2n) is 20.3. The van der Waals surface area contributed by atoms with Crippen LogP contribution in [0.5, 0.6) is 0 Å². The van der Waals surface area contributed by atoms with E-state index in [1.165, 1.54) is 18.9 Å². The van der Waals surface area contributed by atoms with Crippen LogP contribution < -0.4 is 0 Å². The molecule has 4 bridgehead atoms. The summed E-state index contributed by atoms with van der Waals surface area (Å²) in [6.07, 6.45) is 14.6. The van der Waals surface area contributed by atoms with Crippen molar-refractivity contribution >= 4 is 35.8 Å². The van der Waals surface area contributed by atoms with Crippen LogP contribution in [0.3, 0.4) is 0 Å². The summed E-state index contributed by atoms with van der Waals surface area (Å²) < 4.78 is 33.3. The Bertz CT molecular complexity index is 1650. The molecule has 0 spiro atoms. The minimum absolute atomic E-state index is 0.169. The van der Waals surface area contributed by atoms with Crippen molar-refractivity contribution < 1.29 is 57.2 Å². The number of rotatable bonds is 16. The predicted molar refractivity (Wildman–Crippen MR) is 216 cm³/mol. The van der Waals surface area contributed by atoms with Crippen LogP contribution >= 0.6 is 0 Å². The zero-order chi connectivity index (χ0) is 42.1. The number of carbonyl (C=O) groups excluding carboxylic acids is 6. The van der Waals surface area contributed by atoms with Gasteiger partial charge >= 0.3 is 35.8 Å². The molecule has 12 heteroatoms. The molecule has 0 saturated heterocycles. The van der Waals surface area contributed by atoms with Crippen molar-refractivity contribution in [2.24, 2.45) is 94.7 Å². The highest BCUT2D eigenvalue weighted by Gasteiger charge is 2.57. The quantitative estimate of drug-likeness (QED) is 0.0669. The smallest absolute Gasteiger partial charge is 0.333 e. The number of hydrogen-bond acceptors (Lipinski definition) is 12. The van der Waals surface area contributed by atoms with Crippen molar-refractivity contribution in [3.8, 4) is 0 Å². The van der Waals surface area contributed by atoms with Crippen LogP contribution in [0.15, 0.2) is 24.8 Å². The van der Waals surface area contributed by atoms with E-state index in [4.69, 9.17) is 28.4 Å². The second-order valence-corrected chi connectivity index (χ2v) is 20.3. The molecule has 8 unspecified atom stereocenters. The summed E-state index contributed by atoms with van der Waals surface area (Å²) in [5.41, 5.74) is 0.432. The van der Waals surface area contributed by atoms with Gasteiger partial charge in [0.15, 0.2) is 0 Å². The van der Waals surface area contributed by atoms with Gasteiger partial charge in [0.25, 0.3) is 0 Å². The SMILES string of the molecule is C=CC(=O)OCC1C[C@@H]2C3CC(CC3COC(=O)C3CCC(C(=O)OCOC(=O)C4CCC(C(=O)OCC5CC6CC5[C@H]5CC(COC(=O)C(=C)C)C[C@@H]65)CC4)CC3)[C@@H]2C1. The first kappa shape index (κ1) is 43.0. The second kappa shape index (κ2) is 18.7. The topological polar surface area (TPSA) is 158 Å². The van der Waals surface area contributed by atoms with Gasteiger partial charge in [-0.25, -0.2) is 9.59 Å². The highest BCUT2D eigenvalue weighted by atomic mass is 16.7. The van der Waals surface area contributed by atoms with Gasteiger partial charge in [0.1, 0.15) is 0 Å². The van der Waals surface area contributed by atoms with Crippen molar-refractivity contribution in [3.05, 3.63) is 24.8 Å². The maximum Gasteiger partial charge on any atom is 0.333 e. The average Bonchev–Trinajstić information content (AvgIpc) is 4.12. The molecule has 0 aromatic heterocycles. The van der Waals surface area contributed by atoms with Gasteiger partial charge in [-0.1, -0.05) is 13.2 Å². The Kier molecular flexibility index (Phi) is 13.4. The third kappa shape index (κ3) is 9.37. The van der Waals surface area contributed by atoms with E-state index in [1.807, 2.05) is 0 Å². The molecule has 12 atom stereocenters. The van der Waals surface area contributed by atoms with E-state index < -0.39 is 18.7 Å². The van der Waals surface area contributed by atoms with Gasteiger partial charge < -0.3 is 28.4 Å². The van der Waals surface area contributed by atoms with Crippen molar-refractivity contribution in [1.82, 2.24) is 0 Å². The molecule has 8 rings (SSSR count).